The molecule has 0 N–H and O–H groups in total. The Morgan fingerprint density at radius 1 is 1.33 bits per heavy atom. The Morgan fingerprint density at radius 2 is 1.67 bits per heavy atom. The lowest BCUT2D eigenvalue weighted by atomic mass is 11.6. The van der Waals surface area contributed by atoms with Crippen molar-refractivity contribution < 1.29 is 21.1 Å². The number of halogens is 3. The number of hydrogen-bond acceptors (Lipinski definition) is 3. The molecule has 0 fully saturated rings. The molecule has 0 saturated heterocycles. The third-order valence-electron chi connectivity index (χ3n) is 0.643. The Hall–Kier alpha value is 0.277. The average molecular weight is 239 g/mol. The standard InChI is InChI=1S/C4H9ClF2O3SSi/c1-12(2,3)10-11(8,9)4(5,6)7/h1-3H3. The molecule has 0 heterocycles. The third-order valence-corrected chi connectivity index (χ3v) is 4.65. The van der Waals surface area contributed by atoms with E-state index in [4.69, 9.17) is 0 Å². The third kappa shape index (κ3) is 3.79. The molecular formula is C4H9ClF2O3SSi. The van der Waals surface area contributed by atoms with Crippen LogP contribution in [0.5, 0.6) is 0 Å². The van der Waals surface area contributed by atoms with E-state index < -0.39 is 23.1 Å². The van der Waals surface area contributed by atoms with Crippen LogP contribution in [-0.2, 0) is 14.0 Å². The predicted octanol–water partition coefficient (Wildman–Crippen LogP) is 1.96. The van der Waals surface area contributed by atoms with E-state index in [0.717, 1.165) is 0 Å². The molecule has 0 rings (SSSR count). The first-order valence-electron chi connectivity index (χ1n) is 2.98. The summed E-state index contributed by atoms with van der Waals surface area (Å²) in [6.07, 6.45) is 0. The molecule has 0 aliphatic rings. The maximum Gasteiger partial charge on any atom is 0.447 e. The van der Waals surface area contributed by atoms with Gasteiger partial charge >= 0.3 is 14.8 Å². The zero-order valence-corrected chi connectivity index (χ0v) is 9.34. The Morgan fingerprint density at radius 3 is 1.75 bits per heavy atom. The van der Waals surface area contributed by atoms with Crippen molar-refractivity contribution in [2.24, 2.45) is 0 Å². The van der Waals surface area contributed by atoms with Crippen molar-refractivity contribution in [1.29, 1.82) is 0 Å². The molecule has 74 valence electrons. The van der Waals surface area contributed by atoms with Crippen LogP contribution >= 0.6 is 11.6 Å². The molecule has 0 aromatic heterocycles. The van der Waals surface area contributed by atoms with E-state index in [9.17, 15) is 17.2 Å². The molecule has 12 heavy (non-hydrogen) atoms. The van der Waals surface area contributed by atoms with Gasteiger partial charge in [0.1, 0.15) is 0 Å². The lowest BCUT2D eigenvalue weighted by molar-refractivity contribution is 0.173. The Bertz CT molecular complexity index is 252. The first-order chi connectivity index (χ1) is 4.96. The molecule has 0 unspecified atom stereocenters. The van der Waals surface area contributed by atoms with Crippen molar-refractivity contribution in [1.82, 2.24) is 0 Å². The van der Waals surface area contributed by atoms with E-state index >= 15 is 0 Å². The first kappa shape index (κ1) is 12.3. The molecule has 3 nitrogen and oxygen atoms in total. The molecule has 0 atom stereocenters. The van der Waals surface area contributed by atoms with Gasteiger partial charge in [0, 0.05) is 0 Å². The van der Waals surface area contributed by atoms with Gasteiger partial charge in [-0.1, -0.05) is 0 Å². The summed E-state index contributed by atoms with van der Waals surface area (Å²) in [6, 6.07) is 0. The smallest absolute Gasteiger partial charge is 0.310 e. The normalized spacial score (nSPS) is 14.8. The van der Waals surface area contributed by atoms with Crippen molar-refractivity contribution in [2.75, 3.05) is 0 Å². The molecule has 0 bridgehead atoms. The van der Waals surface area contributed by atoms with Crippen LogP contribution in [-0.4, -0.2) is 21.4 Å². The fourth-order valence-electron chi connectivity index (χ4n) is 0.376. The highest BCUT2D eigenvalue weighted by Crippen LogP contribution is 2.29. The Kier molecular flexibility index (Phi) is 3.28. The lowest BCUT2D eigenvalue weighted by Gasteiger charge is -2.18. The second kappa shape index (κ2) is 3.21. The summed E-state index contributed by atoms with van der Waals surface area (Å²) in [7, 11) is -7.52. The largest absolute Gasteiger partial charge is 0.447 e. The lowest BCUT2D eigenvalue weighted by Crippen LogP contribution is -2.35. The minimum atomic E-state index is -4.96. The van der Waals surface area contributed by atoms with Crippen LogP contribution in [0.2, 0.25) is 19.6 Å². The van der Waals surface area contributed by atoms with Gasteiger partial charge in [-0.15, -0.1) is 0 Å². The quantitative estimate of drug-likeness (QED) is 0.558. The molecule has 0 aromatic rings. The minimum Gasteiger partial charge on any atom is -0.310 e. The van der Waals surface area contributed by atoms with Crippen LogP contribution in [0.4, 0.5) is 8.78 Å². The van der Waals surface area contributed by atoms with Crippen molar-refractivity contribution >= 4 is 30.0 Å². The Balaban J connectivity index is 4.70. The summed E-state index contributed by atoms with van der Waals surface area (Å²) < 4.78 is 45.3. The highest BCUT2D eigenvalue weighted by molar-refractivity contribution is 7.90. The highest BCUT2D eigenvalue weighted by atomic mass is 35.5. The summed E-state index contributed by atoms with van der Waals surface area (Å²) in [6.45, 7) is 4.40. The molecule has 0 aromatic carbocycles. The van der Waals surface area contributed by atoms with E-state index in [2.05, 4.69) is 15.5 Å². The van der Waals surface area contributed by atoms with E-state index in [1.165, 1.54) is 19.6 Å². The minimum absolute atomic E-state index is 1.47. The summed E-state index contributed by atoms with van der Waals surface area (Å²) >= 11 is 4.31. The zero-order chi connectivity index (χ0) is 10.2. The van der Waals surface area contributed by atoms with E-state index in [0.29, 0.717) is 0 Å². The molecule has 0 aliphatic carbocycles. The monoisotopic (exact) mass is 238 g/mol. The summed E-state index contributed by atoms with van der Waals surface area (Å²) in [5.41, 5.74) is 0. The molecule has 0 spiro atoms. The first-order valence-corrected chi connectivity index (χ1v) is 8.17. The number of rotatable bonds is 3. The second-order valence-electron chi connectivity index (χ2n) is 3.10. The molecule has 0 aliphatic heterocycles. The summed E-state index contributed by atoms with van der Waals surface area (Å²) in [5.74, 6) is 0. The van der Waals surface area contributed by atoms with Gasteiger partial charge in [0.2, 0.25) is 8.32 Å². The van der Waals surface area contributed by atoms with Gasteiger partial charge in [-0.3, -0.25) is 0 Å². The van der Waals surface area contributed by atoms with Crippen LogP contribution in [0.15, 0.2) is 0 Å². The van der Waals surface area contributed by atoms with Gasteiger partial charge in [-0.25, -0.2) is 0 Å². The van der Waals surface area contributed by atoms with Gasteiger partial charge in [0.15, 0.2) is 0 Å². The fourth-order valence-corrected chi connectivity index (χ4v) is 3.67. The molecule has 0 amide bonds. The van der Waals surface area contributed by atoms with Crippen molar-refractivity contribution in [3.63, 3.8) is 0 Å². The maximum absolute atomic E-state index is 12.1. The second-order valence-corrected chi connectivity index (χ2v) is 10.1. The van der Waals surface area contributed by atoms with Crippen molar-refractivity contribution in [2.45, 2.75) is 24.4 Å². The maximum atomic E-state index is 12.1. The topological polar surface area (TPSA) is 43.4 Å². The van der Waals surface area contributed by atoms with Gasteiger partial charge < -0.3 is 3.87 Å². The molecule has 8 heteroatoms. The van der Waals surface area contributed by atoms with Gasteiger partial charge in [0.05, 0.1) is 0 Å². The summed E-state index contributed by atoms with van der Waals surface area (Å²) in [5, 5.41) is 0. The van der Waals surface area contributed by atoms with Crippen LogP contribution in [0, 0.1) is 0 Å². The SMILES string of the molecule is C[Si](C)(C)OS(=O)(=O)C(F)(F)Cl. The van der Waals surface area contributed by atoms with E-state index in [-0.39, 0.29) is 0 Å². The van der Waals surface area contributed by atoms with Crippen LogP contribution in [0.1, 0.15) is 0 Å². The molecule has 0 radical (unpaired) electrons. The summed E-state index contributed by atoms with van der Waals surface area (Å²) in [4.78, 5) is 0. The Labute approximate surface area is 75.9 Å². The van der Waals surface area contributed by atoms with Gasteiger partial charge in [-0.05, 0) is 31.2 Å². The van der Waals surface area contributed by atoms with Crippen LogP contribution < -0.4 is 0 Å². The van der Waals surface area contributed by atoms with Crippen LogP contribution in [0.25, 0.3) is 0 Å². The molecule has 0 saturated carbocycles. The number of alkyl halides is 3. The van der Waals surface area contributed by atoms with Crippen LogP contribution in [0.3, 0.4) is 0 Å². The fraction of sp³-hybridized carbons (Fsp3) is 1.00. The molecular weight excluding hydrogens is 230 g/mol. The van der Waals surface area contributed by atoms with E-state index in [1.807, 2.05) is 0 Å². The van der Waals surface area contributed by atoms with Gasteiger partial charge in [0.25, 0.3) is 0 Å². The average Bonchev–Trinajstić information content (AvgIpc) is 1.52. The van der Waals surface area contributed by atoms with Crippen molar-refractivity contribution in [3.05, 3.63) is 0 Å². The zero-order valence-electron chi connectivity index (χ0n) is 6.77. The predicted molar refractivity (Wildman–Crippen MR) is 44.2 cm³/mol. The highest BCUT2D eigenvalue weighted by Gasteiger charge is 2.46. The van der Waals surface area contributed by atoms with E-state index in [1.54, 1.807) is 0 Å². The number of hydrogen-bond donors (Lipinski definition) is 0. The van der Waals surface area contributed by atoms with Crippen molar-refractivity contribution in [3.8, 4) is 0 Å². The van der Waals surface area contributed by atoms with Gasteiger partial charge in [-0.2, -0.15) is 17.2 Å².